The average Bonchev–Trinajstić information content (AvgIpc) is 3.56. The van der Waals surface area contributed by atoms with Crippen molar-refractivity contribution in [2.75, 3.05) is 6.79 Å². The maximum absolute atomic E-state index is 13.0. The van der Waals surface area contributed by atoms with Crippen LogP contribution in [0.15, 0.2) is 34.4 Å². The van der Waals surface area contributed by atoms with Crippen molar-refractivity contribution in [3.8, 4) is 11.5 Å². The lowest BCUT2D eigenvalue weighted by Crippen LogP contribution is -2.23. The molecule has 0 saturated heterocycles. The highest BCUT2D eigenvalue weighted by atomic mass is 32.1. The van der Waals surface area contributed by atoms with Gasteiger partial charge < -0.3 is 14.8 Å². The molecule has 0 spiro atoms. The summed E-state index contributed by atoms with van der Waals surface area (Å²) in [6.07, 6.45) is 2.48. The number of fused-ring (bicyclic) bond motifs is 4. The number of hydrogen-bond donors (Lipinski definition) is 1. The van der Waals surface area contributed by atoms with Crippen molar-refractivity contribution in [1.29, 1.82) is 0 Å². The molecule has 1 aromatic carbocycles. The Labute approximate surface area is 200 Å². The third kappa shape index (κ3) is 4.37. The maximum atomic E-state index is 13.0. The Hall–Kier alpha value is -3.40. The zero-order valence-corrected chi connectivity index (χ0v) is 20.1. The zero-order valence-electron chi connectivity index (χ0n) is 19.2. The monoisotopic (exact) mass is 481 g/mol. The van der Waals surface area contributed by atoms with Crippen molar-refractivity contribution >= 4 is 33.2 Å². The Bertz CT molecular complexity index is 1400. The van der Waals surface area contributed by atoms with Gasteiger partial charge in [-0.2, -0.15) is 0 Å². The number of nitrogens with one attached hydrogen (secondary N) is 1. The summed E-state index contributed by atoms with van der Waals surface area (Å²) < 4.78 is 15.1. The van der Waals surface area contributed by atoms with Crippen LogP contribution in [0, 0.1) is 5.92 Å². The minimum Gasteiger partial charge on any atom is -0.454 e. The van der Waals surface area contributed by atoms with Gasteiger partial charge in [-0.1, -0.05) is 19.9 Å². The smallest absolute Gasteiger partial charge is 0.272 e. The number of rotatable bonds is 9. The molecule has 1 aliphatic heterocycles. The largest absolute Gasteiger partial charge is 0.454 e. The van der Waals surface area contributed by atoms with E-state index < -0.39 is 0 Å². The van der Waals surface area contributed by atoms with Gasteiger partial charge >= 0.3 is 0 Å². The number of benzene rings is 1. The van der Waals surface area contributed by atoms with Crippen LogP contribution in [0.5, 0.6) is 11.5 Å². The summed E-state index contributed by atoms with van der Waals surface area (Å²) in [6.45, 7) is 5.54. The van der Waals surface area contributed by atoms with Gasteiger partial charge in [-0.3, -0.25) is 18.6 Å². The first kappa shape index (κ1) is 22.4. The Morgan fingerprint density at radius 2 is 2.06 bits per heavy atom. The van der Waals surface area contributed by atoms with Crippen LogP contribution in [0.4, 0.5) is 0 Å². The molecule has 0 bridgehead atoms. The number of amides is 1. The SMILES string of the molecule is CC(C)CCn1c(=O)c2sccc2n2c(CCCC(=O)NCc3ccc4c(c3)OCO4)nnc12. The Kier molecular flexibility index (Phi) is 6.23. The minimum absolute atomic E-state index is 0.0139. The highest BCUT2D eigenvalue weighted by Crippen LogP contribution is 2.32. The molecule has 10 heteroatoms. The minimum atomic E-state index is -0.0268. The zero-order chi connectivity index (χ0) is 23.7. The Balaban J connectivity index is 1.25. The predicted molar refractivity (Wildman–Crippen MR) is 129 cm³/mol. The Morgan fingerprint density at radius 1 is 1.21 bits per heavy atom. The van der Waals surface area contributed by atoms with Gasteiger partial charge in [0.05, 0.1) is 5.52 Å². The van der Waals surface area contributed by atoms with Crippen LogP contribution in [0.2, 0.25) is 0 Å². The van der Waals surface area contributed by atoms with Crippen molar-refractivity contribution in [2.24, 2.45) is 5.92 Å². The molecule has 5 rings (SSSR count). The number of carbonyl (C=O) groups is 1. The van der Waals surface area contributed by atoms with Gasteiger partial charge in [0.25, 0.3) is 5.56 Å². The van der Waals surface area contributed by atoms with Crippen molar-refractivity contribution in [1.82, 2.24) is 24.5 Å². The van der Waals surface area contributed by atoms with Crippen LogP contribution in [-0.4, -0.2) is 31.9 Å². The van der Waals surface area contributed by atoms with E-state index in [9.17, 15) is 9.59 Å². The summed E-state index contributed by atoms with van der Waals surface area (Å²) >= 11 is 1.44. The third-order valence-corrected chi connectivity index (χ3v) is 6.83. The molecule has 0 atom stereocenters. The molecular formula is C24H27N5O4S. The van der Waals surface area contributed by atoms with E-state index in [0.29, 0.717) is 54.5 Å². The van der Waals surface area contributed by atoms with Gasteiger partial charge in [-0.25, -0.2) is 0 Å². The van der Waals surface area contributed by atoms with Crippen LogP contribution in [0.25, 0.3) is 16.0 Å². The molecule has 1 amide bonds. The molecule has 1 aliphatic rings. The summed E-state index contributed by atoms with van der Waals surface area (Å²) in [5, 5.41) is 13.6. The van der Waals surface area contributed by atoms with Gasteiger partial charge in [-0.05, 0) is 47.9 Å². The number of hydrogen-bond acceptors (Lipinski definition) is 7. The van der Waals surface area contributed by atoms with Crippen molar-refractivity contribution < 1.29 is 14.3 Å². The van der Waals surface area contributed by atoms with E-state index >= 15 is 0 Å². The van der Waals surface area contributed by atoms with Gasteiger partial charge in [0.1, 0.15) is 10.5 Å². The summed E-state index contributed by atoms with van der Waals surface area (Å²) in [4.78, 5) is 25.4. The van der Waals surface area contributed by atoms with Crippen LogP contribution in [-0.2, 0) is 24.3 Å². The highest BCUT2D eigenvalue weighted by Gasteiger charge is 2.18. The summed E-state index contributed by atoms with van der Waals surface area (Å²) in [7, 11) is 0. The van der Waals surface area contributed by atoms with Crippen LogP contribution < -0.4 is 20.3 Å². The first-order valence-electron chi connectivity index (χ1n) is 11.5. The molecule has 4 aromatic rings. The highest BCUT2D eigenvalue weighted by molar-refractivity contribution is 7.17. The van der Waals surface area contributed by atoms with Crippen LogP contribution in [0.1, 0.15) is 44.5 Å². The maximum Gasteiger partial charge on any atom is 0.272 e. The van der Waals surface area contributed by atoms with Crippen LogP contribution in [0.3, 0.4) is 0 Å². The molecular weight excluding hydrogens is 454 g/mol. The topological polar surface area (TPSA) is 99.8 Å². The molecule has 34 heavy (non-hydrogen) atoms. The third-order valence-electron chi connectivity index (χ3n) is 5.94. The first-order valence-corrected chi connectivity index (χ1v) is 12.4. The molecule has 0 aliphatic carbocycles. The van der Waals surface area contributed by atoms with Crippen molar-refractivity contribution in [3.05, 3.63) is 51.4 Å². The van der Waals surface area contributed by atoms with E-state index in [1.54, 1.807) is 4.57 Å². The number of aryl methyl sites for hydroxylation is 2. The average molecular weight is 482 g/mol. The van der Waals surface area contributed by atoms with Gasteiger partial charge in [-0.15, -0.1) is 21.5 Å². The van der Waals surface area contributed by atoms with E-state index in [2.05, 4.69) is 29.4 Å². The molecule has 9 nitrogen and oxygen atoms in total. The first-order chi connectivity index (χ1) is 16.5. The van der Waals surface area contributed by atoms with E-state index in [1.165, 1.54) is 11.3 Å². The fourth-order valence-corrected chi connectivity index (χ4v) is 4.90. The van der Waals surface area contributed by atoms with Crippen molar-refractivity contribution in [2.45, 2.75) is 52.6 Å². The normalized spacial score (nSPS) is 12.8. The second-order valence-electron chi connectivity index (χ2n) is 8.84. The molecule has 1 N–H and O–H groups in total. The number of carbonyl (C=O) groups excluding carboxylic acids is 1. The number of ether oxygens (including phenoxy) is 2. The predicted octanol–water partition coefficient (Wildman–Crippen LogP) is 3.52. The van der Waals surface area contributed by atoms with Gasteiger partial charge in [0, 0.05) is 25.9 Å². The molecule has 0 fully saturated rings. The number of aromatic nitrogens is 4. The second kappa shape index (κ2) is 9.46. The fraction of sp³-hybridized carbons (Fsp3) is 0.417. The van der Waals surface area contributed by atoms with Gasteiger partial charge in [0.2, 0.25) is 18.5 Å². The molecule has 178 valence electrons. The summed E-state index contributed by atoms with van der Waals surface area (Å²) in [5.41, 5.74) is 1.78. The quantitative estimate of drug-likeness (QED) is 0.393. The van der Waals surface area contributed by atoms with E-state index in [-0.39, 0.29) is 18.3 Å². The van der Waals surface area contributed by atoms with E-state index in [1.807, 2.05) is 34.0 Å². The standard InChI is InChI=1S/C24H27N5O4S/c1-15(2)8-10-28-23(31)22-17(9-11-34-22)29-20(26-27-24(28)29)4-3-5-21(30)25-13-16-6-7-18-19(12-16)33-14-32-18/h6-7,9,11-12,15H,3-5,8,10,13-14H2,1-2H3,(H,25,30). The lowest BCUT2D eigenvalue weighted by atomic mass is 10.1. The molecule has 3 aromatic heterocycles. The number of thiophene rings is 1. The van der Waals surface area contributed by atoms with Crippen LogP contribution >= 0.6 is 11.3 Å². The van der Waals surface area contributed by atoms with Gasteiger partial charge in [0.15, 0.2) is 11.5 Å². The number of nitrogens with zero attached hydrogens (tertiary/aromatic N) is 4. The molecule has 4 heterocycles. The van der Waals surface area contributed by atoms with E-state index in [4.69, 9.17) is 9.47 Å². The lowest BCUT2D eigenvalue weighted by molar-refractivity contribution is -0.121. The summed E-state index contributed by atoms with van der Waals surface area (Å²) in [6, 6.07) is 7.59. The summed E-state index contributed by atoms with van der Waals surface area (Å²) in [5.74, 6) is 3.21. The molecule has 0 saturated carbocycles. The lowest BCUT2D eigenvalue weighted by Gasteiger charge is -2.11. The van der Waals surface area contributed by atoms with Crippen molar-refractivity contribution in [3.63, 3.8) is 0 Å². The Morgan fingerprint density at radius 3 is 2.91 bits per heavy atom. The molecule has 0 radical (unpaired) electrons. The second-order valence-corrected chi connectivity index (χ2v) is 9.76. The fourth-order valence-electron chi connectivity index (χ4n) is 4.08. The molecule has 0 unspecified atom stereocenters. The van der Waals surface area contributed by atoms with E-state index in [0.717, 1.165) is 29.1 Å².